The van der Waals surface area contributed by atoms with Crippen LogP contribution in [0.15, 0.2) is 23.8 Å². The summed E-state index contributed by atoms with van der Waals surface area (Å²) in [6, 6.07) is 0. The van der Waals surface area contributed by atoms with E-state index in [0.717, 1.165) is 44.1 Å². The summed E-state index contributed by atoms with van der Waals surface area (Å²) in [6.45, 7) is 15.1. The Balaban J connectivity index is 1.18. The van der Waals surface area contributed by atoms with Crippen LogP contribution >= 0.6 is 0 Å². The van der Waals surface area contributed by atoms with E-state index in [1.165, 1.54) is 5.57 Å². The van der Waals surface area contributed by atoms with Gasteiger partial charge in [0.15, 0.2) is 6.29 Å². The number of aliphatic hydroxyl groups is 8. The van der Waals surface area contributed by atoms with Crippen molar-refractivity contribution in [1.82, 2.24) is 0 Å². The maximum absolute atomic E-state index is 14.5. The molecule has 0 bridgehead atoms. The van der Waals surface area contributed by atoms with Gasteiger partial charge in [0.1, 0.15) is 42.7 Å². The molecule has 2 aliphatic heterocycles. The molecule has 7 aliphatic rings. The molecule has 0 aromatic heterocycles. The van der Waals surface area contributed by atoms with Gasteiger partial charge in [-0.3, -0.25) is 4.79 Å². The molecule has 4 saturated carbocycles. The van der Waals surface area contributed by atoms with E-state index in [1.54, 1.807) is 0 Å². The minimum atomic E-state index is -1.68. The Bertz CT molecular complexity index is 1490. The number of carbonyl (C=O) groups is 1. The third kappa shape index (κ3) is 5.69. The lowest BCUT2D eigenvalue weighted by Crippen LogP contribution is -2.67. The van der Waals surface area contributed by atoms with Crippen molar-refractivity contribution in [3.05, 3.63) is 23.8 Å². The third-order valence-corrected chi connectivity index (χ3v) is 16.8. The molecule has 0 spiro atoms. The van der Waals surface area contributed by atoms with Crippen LogP contribution in [0.3, 0.4) is 0 Å². The molecular weight excluding hydrogens is 700 g/mol. The fourth-order valence-corrected chi connectivity index (χ4v) is 13.1. The van der Waals surface area contributed by atoms with Crippen LogP contribution in [0.4, 0.5) is 0 Å². The molecule has 0 amide bonds. The number of rotatable bonds is 6. The van der Waals surface area contributed by atoms with Crippen molar-refractivity contribution in [2.75, 3.05) is 19.8 Å². The first-order valence-electron chi connectivity index (χ1n) is 20.2. The van der Waals surface area contributed by atoms with Gasteiger partial charge in [-0.25, -0.2) is 0 Å². The predicted octanol–water partition coefficient (Wildman–Crippen LogP) is 1.70. The quantitative estimate of drug-likeness (QED) is 0.110. The highest BCUT2D eigenvalue weighted by Crippen LogP contribution is 2.76. The van der Waals surface area contributed by atoms with Crippen LogP contribution in [0.25, 0.3) is 0 Å². The zero-order valence-electron chi connectivity index (χ0n) is 32.5. The monoisotopic (exact) mass is 764 g/mol. The highest BCUT2D eigenvalue weighted by Gasteiger charge is 2.70. The standard InChI is InChI=1S/C41H64O13/c1-20-9-14-41(36(50)54-35-33(49)31(47)30(46)24(17-42)52-35)16-15-39(5)22(28(41)21(20)2)7-8-26-37(3)12-11-27(53-34-32(48)29(45)23(44)18-51-34)38(4,19-43)25(37)10-13-40(26,39)6/h7,20,23-35,42-49H,2,8-19H2,1,3-6H3. The molecule has 0 radical (unpaired) electrons. The van der Waals surface area contributed by atoms with E-state index < -0.39 is 84.8 Å². The van der Waals surface area contributed by atoms with E-state index in [-0.39, 0.29) is 53.1 Å². The maximum Gasteiger partial charge on any atom is 0.315 e. The molecule has 7 rings (SSSR count). The number of fused-ring (bicyclic) bond motifs is 7. The van der Waals surface area contributed by atoms with Gasteiger partial charge < -0.3 is 59.8 Å². The Morgan fingerprint density at radius 2 is 1.56 bits per heavy atom. The van der Waals surface area contributed by atoms with Crippen LogP contribution < -0.4 is 0 Å². The minimum Gasteiger partial charge on any atom is -0.432 e. The number of aliphatic hydroxyl groups excluding tert-OH is 8. The van der Waals surface area contributed by atoms with Crippen LogP contribution in [0.2, 0.25) is 0 Å². The Morgan fingerprint density at radius 3 is 2.24 bits per heavy atom. The topological polar surface area (TPSA) is 216 Å². The van der Waals surface area contributed by atoms with E-state index in [0.29, 0.717) is 19.3 Å². The minimum absolute atomic E-state index is 0.0856. The fraction of sp³-hybridized carbons (Fsp3) is 0.878. The molecule has 0 aromatic rings. The zero-order valence-corrected chi connectivity index (χ0v) is 32.5. The van der Waals surface area contributed by atoms with Crippen molar-refractivity contribution in [3.63, 3.8) is 0 Å². The number of esters is 1. The number of hydrogen-bond acceptors (Lipinski definition) is 13. The zero-order chi connectivity index (χ0) is 39.3. The van der Waals surface area contributed by atoms with Crippen LogP contribution in [-0.2, 0) is 23.7 Å². The Labute approximate surface area is 318 Å². The predicted molar refractivity (Wildman–Crippen MR) is 193 cm³/mol. The first-order chi connectivity index (χ1) is 25.3. The number of hydrogen-bond donors (Lipinski definition) is 8. The number of ether oxygens (including phenoxy) is 4. The summed E-state index contributed by atoms with van der Waals surface area (Å²) in [4.78, 5) is 14.5. The van der Waals surface area contributed by atoms with Gasteiger partial charge in [-0.05, 0) is 91.8 Å². The first kappa shape index (κ1) is 40.7. The van der Waals surface area contributed by atoms with Gasteiger partial charge in [-0.15, -0.1) is 0 Å². The fourth-order valence-electron chi connectivity index (χ4n) is 13.1. The molecule has 0 aromatic carbocycles. The molecule has 8 N–H and O–H groups in total. The van der Waals surface area contributed by atoms with Gasteiger partial charge in [0.25, 0.3) is 0 Å². The van der Waals surface area contributed by atoms with Gasteiger partial charge in [-0.2, -0.15) is 0 Å². The molecule has 306 valence electrons. The van der Waals surface area contributed by atoms with Gasteiger partial charge in [0.2, 0.25) is 6.29 Å². The molecule has 19 unspecified atom stereocenters. The second-order valence-corrected chi connectivity index (χ2v) is 19.1. The smallest absolute Gasteiger partial charge is 0.315 e. The Kier molecular flexibility index (Phi) is 10.6. The van der Waals surface area contributed by atoms with E-state index in [9.17, 15) is 45.6 Å². The van der Waals surface area contributed by atoms with Crippen LogP contribution in [-0.4, -0.2) is 128 Å². The Hall–Kier alpha value is -1.49. The van der Waals surface area contributed by atoms with Crippen molar-refractivity contribution in [2.45, 2.75) is 154 Å². The third-order valence-electron chi connectivity index (χ3n) is 16.8. The second kappa shape index (κ2) is 14.1. The molecule has 5 aliphatic carbocycles. The average molecular weight is 765 g/mol. The van der Waals surface area contributed by atoms with E-state index in [1.807, 2.05) is 0 Å². The van der Waals surface area contributed by atoms with Crippen LogP contribution in [0.5, 0.6) is 0 Å². The summed E-state index contributed by atoms with van der Waals surface area (Å²) < 4.78 is 23.6. The molecule has 2 saturated heterocycles. The van der Waals surface area contributed by atoms with E-state index in [2.05, 4.69) is 47.3 Å². The molecule has 13 nitrogen and oxygen atoms in total. The molecule has 6 fully saturated rings. The van der Waals surface area contributed by atoms with Crippen molar-refractivity contribution in [2.24, 2.45) is 50.7 Å². The molecule has 19 atom stereocenters. The van der Waals surface area contributed by atoms with Crippen molar-refractivity contribution >= 4 is 5.97 Å². The van der Waals surface area contributed by atoms with Gasteiger partial charge in [0.05, 0.1) is 31.3 Å². The van der Waals surface area contributed by atoms with E-state index in [4.69, 9.17) is 18.9 Å². The van der Waals surface area contributed by atoms with Crippen molar-refractivity contribution < 1.29 is 64.6 Å². The number of allylic oxidation sites excluding steroid dienone is 3. The summed E-state index contributed by atoms with van der Waals surface area (Å²) in [5.41, 5.74) is -0.0513. The lowest BCUT2D eigenvalue weighted by Gasteiger charge is -2.71. The maximum atomic E-state index is 14.5. The van der Waals surface area contributed by atoms with Gasteiger partial charge in [-0.1, -0.05) is 58.4 Å². The largest absolute Gasteiger partial charge is 0.432 e. The second-order valence-electron chi connectivity index (χ2n) is 19.1. The number of carbonyl (C=O) groups excluding carboxylic acids is 1. The van der Waals surface area contributed by atoms with Crippen LogP contribution in [0, 0.1) is 50.7 Å². The highest BCUT2D eigenvalue weighted by molar-refractivity contribution is 5.80. The molecular formula is C41H64O13. The molecule has 13 heteroatoms. The SMILES string of the molecule is C=C1C(C)CCC2(C(=O)OC3OC(CO)C(O)C(O)C3O)CCC3(C)C(=CCC4C5(C)CCC(OC6OCC(O)C(O)C6O)C(C)(CO)C5CCC43C)C12. The van der Waals surface area contributed by atoms with Gasteiger partial charge in [0, 0.05) is 11.3 Å². The summed E-state index contributed by atoms with van der Waals surface area (Å²) in [7, 11) is 0. The van der Waals surface area contributed by atoms with Crippen molar-refractivity contribution in [1.29, 1.82) is 0 Å². The first-order valence-corrected chi connectivity index (χ1v) is 20.2. The lowest BCUT2D eigenvalue weighted by molar-refractivity contribution is -0.312. The molecule has 2 heterocycles. The normalized spacial score (nSPS) is 54.7. The lowest BCUT2D eigenvalue weighted by atomic mass is 9.33. The summed E-state index contributed by atoms with van der Waals surface area (Å²) >= 11 is 0. The van der Waals surface area contributed by atoms with Gasteiger partial charge >= 0.3 is 5.97 Å². The van der Waals surface area contributed by atoms with Crippen LogP contribution in [0.1, 0.15) is 92.4 Å². The summed E-state index contributed by atoms with van der Waals surface area (Å²) in [5, 5.41) is 83.4. The summed E-state index contributed by atoms with van der Waals surface area (Å²) in [5.74, 6) is -0.324. The van der Waals surface area contributed by atoms with E-state index >= 15 is 0 Å². The highest BCUT2D eigenvalue weighted by atomic mass is 16.7. The summed E-state index contributed by atoms with van der Waals surface area (Å²) in [6.07, 6.45) is -4.30. The molecule has 54 heavy (non-hydrogen) atoms. The Morgan fingerprint density at radius 1 is 0.852 bits per heavy atom. The van der Waals surface area contributed by atoms with Crippen molar-refractivity contribution in [3.8, 4) is 0 Å². The average Bonchev–Trinajstić information content (AvgIpc) is 3.14.